The molecule has 0 aromatic carbocycles. The number of rotatable bonds is 5. The van der Waals surface area contributed by atoms with Gasteiger partial charge in [0, 0.05) is 26.1 Å². The highest BCUT2D eigenvalue weighted by atomic mass is 15.1. The van der Waals surface area contributed by atoms with E-state index in [0.29, 0.717) is 12.5 Å². The van der Waals surface area contributed by atoms with E-state index in [1.54, 1.807) is 0 Å². The van der Waals surface area contributed by atoms with Crippen LogP contribution in [-0.2, 0) is 6.54 Å². The highest BCUT2D eigenvalue weighted by Gasteiger charge is 2.33. The predicted octanol–water partition coefficient (Wildman–Crippen LogP) is 2.15. The summed E-state index contributed by atoms with van der Waals surface area (Å²) in [5.41, 5.74) is 7.86. The second-order valence-corrected chi connectivity index (χ2v) is 5.77. The van der Waals surface area contributed by atoms with Crippen molar-refractivity contribution in [1.29, 1.82) is 0 Å². The zero-order valence-electron chi connectivity index (χ0n) is 11.8. The molecule has 0 spiro atoms. The van der Waals surface area contributed by atoms with E-state index in [4.69, 9.17) is 5.73 Å². The first-order valence-corrected chi connectivity index (χ1v) is 6.80. The largest absolute Gasteiger partial charge is 0.372 e. The molecule has 0 amide bonds. The Bertz CT molecular complexity index is 416. The predicted molar refractivity (Wildman–Crippen MR) is 74.6 cm³/mol. The Balaban J connectivity index is 2.15. The minimum absolute atomic E-state index is 0.345. The van der Waals surface area contributed by atoms with Gasteiger partial charge in [-0.1, -0.05) is 20.8 Å². The molecule has 0 bridgehead atoms. The van der Waals surface area contributed by atoms with Crippen molar-refractivity contribution in [2.75, 3.05) is 18.5 Å². The van der Waals surface area contributed by atoms with Crippen molar-refractivity contribution < 1.29 is 0 Å². The highest BCUT2D eigenvalue weighted by molar-refractivity contribution is 5.48. The van der Waals surface area contributed by atoms with Crippen molar-refractivity contribution in [1.82, 2.24) is 9.97 Å². The van der Waals surface area contributed by atoms with Gasteiger partial charge in [0.1, 0.15) is 5.82 Å². The number of anilines is 1. The van der Waals surface area contributed by atoms with Crippen LogP contribution in [0.1, 0.15) is 44.6 Å². The quantitative estimate of drug-likeness (QED) is 0.867. The van der Waals surface area contributed by atoms with Crippen LogP contribution in [0.2, 0.25) is 0 Å². The van der Waals surface area contributed by atoms with E-state index in [9.17, 15) is 0 Å². The fraction of sp³-hybridized carbons (Fsp3) is 0.714. The van der Waals surface area contributed by atoms with Crippen LogP contribution in [0.15, 0.2) is 6.20 Å². The van der Waals surface area contributed by atoms with Crippen LogP contribution in [0.5, 0.6) is 0 Å². The van der Waals surface area contributed by atoms with Gasteiger partial charge in [-0.2, -0.15) is 0 Å². The van der Waals surface area contributed by atoms with Gasteiger partial charge in [0.25, 0.3) is 0 Å². The summed E-state index contributed by atoms with van der Waals surface area (Å²) in [6, 6.07) is 0. The van der Waals surface area contributed by atoms with Crippen molar-refractivity contribution in [3.05, 3.63) is 17.7 Å². The smallest absolute Gasteiger partial charge is 0.131 e. The standard InChI is InChI=1S/C14H24N4/c1-9(2)14-16-7-13(12(6-15)17-14)18(4)8-11-5-10(11)3/h7,9-11H,5-6,8,15H2,1-4H3. The first-order chi connectivity index (χ1) is 8.52. The summed E-state index contributed by atoms with van der Waals surface area (Å²) in [5.74, 6) is 2.92. The lowest BCUT2D eigenvalue weighted by Crippen LogP contribution is -2.24. The van der Waals surface area contributed by atoms with Crippen LogP contribution < -0.4 is 10.6 Å². The second kappa shape index (κ2) is 5.22. The first-order valence-electron chi connectivity index (χ1n) is 6.80. The molecule has 100 valence electrons. The van der Waals surface area contributed by atoms with Crippen LogP contribution >= 0.6 is 0 Å². The molecule has 4 nitrogen and oxygen atoms in total. The Morgan fingerprint density at radius 3 is 2.67 bits per heavy atom. The van der Waals surface area contributed by atoms with E-state index in [1.165, 1.54) is 6.42 Å². The minimum atomic E-state index is 0.345. The summed E-state index contributed by atoms with van der Waals surface area (Å²) in [7, 11) is 2.11. The summed E-state index contributed by atoms with van der Waals surface area (Å²) < 4.78 is 0. The Labute approximate surface area is 110 Å². The summed E-state index contributed by atoms with van der Waals surface area (Å²) in [6.45, 7) is 8.07. The van der Waals surface area contributed by atoms with E-state index in [-0.39, 0.29) is 0 Å². The Kier molecular flexibility index (Phi) is 3.85. The van der Waals surface area contributed by atoms with Gasteiger partial charge >= 0.3 is 0 Å². The van der Waals surface area contributed by atoms with E-state index in [1.807, 2.05) is 6.20 Å². The molecule has 2 unspecified atom stereocenters. The van der Waals surface area contributed by atoms with Crippen LogP contribution in [0.4, 0.5) is 5.69 Å². The van der Waals surface area contributed by atoms with Gasteiger partial charge in [-0.05, 0) is 18.3 Å². The average Bonchev–Trinajstić information content (AvgIpc) is 3.03. The molecule has 1 fully saturated rings. The van der Waals surface area contributed by atoms with Gasteiger partial charge in [0.05, 0.1) is 17.6 Å². The van der Waals surface area contributed by atoms with Gasteiger partial charge < -0.3 is 10.6 Å². The third-order valence-electron chi connectivity index (χ3n) is 3.77. The maximum Gasteiger partial charge on any atom is 0.131 e. The molecule has 1 aliphatic rings. The molecular formula is C14H24N4. The number of nitrogens with zero attached hydrogens (tertiary/aromatic N) is 3. The van der Waals surface area contributed by atoms with Crippen LogP contribution in [0, 0.1) is 11.8 Å². The van der Waals surface area contributed by atoms with Crippen molar-refractivity contribution in [2.45, 2.75) is 39.7 Å². The molecule has 1 saturated carbocycles. The van der Waals surface area contributed by atoms with Crippen molar-refractivity contribution >= 4 is 5.69 Å². The molecule has 1 aromatic heterocycles. The number of hydrogen-bond acceptors (Lipinski definition) is 4. The summed E-state index contributed by atoms with van der Waals surface area (Å²) in [5, 5.41) is 0. The summed E-state index contributed by atoms with van der Waals surface area (Å²) >= 11 is 0. The maximum absolute atomic E-state index is 5.81. The van der Waals surface area contributed by atoms with E-state index >= 15 is 0 Å². The molecule has 0 radical (unpaired) electrons. The molecule has 4 heteroatoms. The summed E-state index contributed by atoms with van der Waals surface area (Å²) in [4.78, 5) is 11.3. The summed E-state index contributed by atoms with van der Waals surface area (Å²) in [6.07, 6.45) is 3.27. The third-order valence-corrected chi connectivity index (χ3v) is 3.77. The molecule has 0 saturated heterocycles. The Morgan fingerprint density at radius 1 is 1.50 bits per heavy atom. The van der Waals surface area contributed by atoms with Crippen molar-refractivity contribution in [3.63, 3.8) is 0 Å². The lowest BCUT2D eigenvalue weighted by molar-refractivity contribution is 0.709. The molecule has 2 rings (SSSR count). The van der Waals surface area contributed by atoms with Gasteiger partial charge in [0.15, 0.2) is 0 Å². The highest BCUT2D eigenvalue weighted by Crippen LogP contribution is 2.38. The minimum Gasteiger partial charge on any atom is -0.372 e. The Hall–Kier alpha value is -1.16. The molecule has 1 heterocycles. The van der Waals surface area contributed by atoms with Crippen LogP contribution in [-0.4, -0.2) is 23.6 Å². The maximum atomic E-state index is 5.81. The average molecular weight is 248 g/mol. The zero-order valence-corrected chi connectivity index (χ0v) is 11.8. The van der Waals surface area contributed by atoms with Crippen molar-refractivity contribution in [3.8, 4) is 0 Å². The monoisotopic (exact) mass is 248 g/mol. The lowest BCUT2D eigenvalue weighted by Gasteiger charge is -2.22. The molecule has 18 heavy (non-hydrogen) atoms. The van der Waals surface area contributed by atoms with E-state index in [2.05, 4.69) is 42.7 Å². The SMILES string of the molecule is CC(C)c1ncc(N(C)CC2CC2C)c(CN)n1. The fourth-order valence-corrected chi connectivity index (χ4v) is 2.28. The second-order valence-electron chi connectivity index (χ2n) is 5.77. The number of aromatic nitrogens is 2. The Morgan fingerprint density at radius 2 is 2.17 bits per heavy atom. The van der Waals surface area contributed by atoms with Crippen LogP contribution in [0.25, 0.3) is 0 Å². The molecule has 0 aliphatic heterocycles. The first kappa shape index (κ1) is 13.3. The third kappa shape index (κ3) is 2.80. The van der Waals surface area contributed by atoms with Gasteiger partial charge in [-0.3, -0.25) is 0 Å². The number of nitrogens with two attached hydrogens (primary N) is 1. The normalized spacial score (nSPS) is 22.3. The van der Waals surface area contributed by atoms with E-state index < -0.39 is 0 Å². The number of hydrogen-bond donors (Lipinski definition) is 1. The molecular weight excluding hydrogens is 224 g/mol. The van der Waals surface area contributed by atoms with E-state index in [0.717, 1.165) is 35.6 Å². The fourth-order valence-electron chi connectivity index (χ4n) is 2.28. The van der Waals surface area contributed by atoms with Crippen molar-refractivity contribution in [2.24, 2.45) is 17.6 Å². The van der Waals surface area contributed by atoms with Gasteiger partial charge in [-0.15, -0.1) is 0 Å². The topological polar surface area (TPSA) is 55.0 Å². The van der Waals surface area contributed by atoms with Gasteiger partial charge in [0.2, 0.25) is 0 Å². The molecule has 2 atom stereocenters. The van der Waals surface area contributed by atoms with Crippen LogP contribution in [0.3, 0.4) is 0 Å². The lowest BCUT2D eigenvalue weighted by atomic mass is 10.2. The molecule has 2 N–H and O–H groups in total. The van der Waals surface area contributed by atoms with Gasteiger partial charge in [-0.25, -0.2) is 9.97 Å². The molecule has 1 aliphatic carbocycles. The molecule has 1 aromatic rings. The zero-order chi connectivity index (χ0) is 13.3.